The van der Waals surface area contributed by atoms with Crippen LogP contribution in [0.5, 0.6) is 0 Å². The molecule has 1 rings (SSSR count). The normalized spacial score (nSPS) is 11.8. The molecule has 0 aliphatic carbocycles. The van der Waals surface area contributed by atoms with E-state index in [9.17, 15) is 4.79 Å². The lowest BCUT2D eigenvalue weighted by Gasteiger charge is -2.20. The number of thiazole rings is 1. The van der Waals surface area contributed by atoms with Crippen LogP contribution in [0.3, 0.4) is 0 Å². The fourth-order valence-electron chi connectivity index (χ4n) is 1.22. The molecule has 1 atom stereocenters. The van der Waals surface area contributed by atoms with Crippen LogP contribution in [-0.4, -0.2) is 29.1 Å². The van der Waals surface area contributed by atoms with E-state index in [1.54, 1.807) is 0 Å². The molecule has 1 N–H and O–H groups in total. The van der Waals surface area contributed by atoms with Crippen molar-refractivity contribution in [1.29, 1.82) is 5.26 Å². The van der Waals surface area contributed by atoms with E-state index in [2.05, 4.69) is 11.1 Å². The van der Waals surface area contributed by atoms with Gasteiger partial charge in [0.2, 0.25) is 0 Å². The Kier molecular flexibility index (Phi) is 4.26. The van der Waals surface area contributed by atoms with Crippen molar-refractivity contribution in [2.75, 3.05) is 18.0 Å². The molecule has 1 aromatic rings. The number of carboxylic acids is 1. The molecular weight excluding hydrogens is 226 g/mol. The van der Waals surface area contributed by atoms with Crippen LogP contribution < -0.4 is 4.90 Å². The second-order valence-corrected chi connectivity index (χ2v) is 4.23. The Labute approximate surface area is 98.0 Å². The number of carboxylic acid groups (broad SMARTS) is 1. The summed E-state index contributed by atoms with van der Waals surface area (Å²) in [5, 5.41) is 19.7. The number of aromatic nitrogens is 1. The van der Waals surface area contributed by atoms with Crippen molar-refractivity contribution in [3.05, 3.63) is 11.1 Å². The fraction of sp³-hybridized carbons (Fsp3) is 0.500. The Bertz CT molecular complexity index is 410. The molecule has 6 heteroatoms. The van der Waals surface area contributed by atoms with Gasteiger partial charge in [-0.15, -0.1) is 11.3 Å². The summed E-state index contributed by atoms with van der Waals surface area (Å²) in [6.45, 7) is 5.05. The minimum atomic E-state index is -1.02. The highest BCUT2D eigenvalue weighted by atomic mass is 32.1. The summed E-state index contributed by atoms with van der Waals surface area (Å²) in [7, 11) is 0. The van der Waals surface area contributed by atoms with E-state index in [1.807, 2.05) is 18.7 Å². The summed E-state index contributed by atoms with van der Waals surface area (Å²) in [5.41, 5.74) is 0.0584. The predicted octanol–water partition coefficient (Wildman–Crippen LogP) is 1.83. The lowest BCUT2D eigenvalue weighted by molar-refractivity contribution is 0.0691. The van der Waals surface area contributed by atoms with Crippen LogP contribution in [-0.2, 0) is 0 Å². The zero-order valence-electron chi connectivity index (χ0n) is 9.17. The number of nitriles is 1. The monoisotopic (exact) mass is 239 g/mol. The van der Waals surface area contributed by atoms with E-state index in [-0.39, 0.29) is 11.6 Å². The second-order valence-electron chi connectivity index (χ2n) is 3.39. The first-order valence-electron chi connectivity index (χ1n) is 4.91. The van der Waals surface area contributed by atoms with Gasteiger partial charge in [-0.3, -0.25) is 0 Å². The van der Waals surface area contributed by atoms with E-state index in [0.717, 1.165) is 0 Å². The Morgan fingerprint density at radius 3 is 2.94 bits per heavy atom. The smallest absolute Gasteiger partial charge is 0.355 e. The molecule has 0 radical (unpaired) electrons. The molecule has 0 aliphatic heterocycles. The number of carbonyl (C=O) groups is 1. The Morgan fingerprint density at radius 1 is 1.81 bits per heavy atom. The number of rotatable bonds is 5. The van der Waals surface area contributed by atoms with Crippen LogP contribution in [0.4, 0.5) is 5.13 Å². The van der Waals surface area contributed by atoms with Crippen LogP contribution in [0.25, 0.3) is 0 Å². The SMILES string of the molecule is CCN(CC(C)C#N)c1nc(C(=O)O)cs1. The van der Waals surface area contributed by atoms with Gasteiger partial charge in [-0.25, -0.2) is 9.78 Å². The third kappa shape index (κ3) is 2.94. The van der Waals surface area contributed by atoms with Crippen molar-refractivity contribution in [3.63, 3.8) is 0 Å². The zero-order chi connectivity index (χ0) is 12.1. The molecule has 1 heterocycles. The van der Waals surface area contributed by atoms with Crippen molar-refractivity contribution >= 4 is 22.4 Å². The highest BCUT2D eigenvalue weighted by Crippen LogP contribution is 2.21. The third-order valence-corrected chi connectivity index (χ3v) is 2.98. The molecular formula is C10H13N3O2S. The van der Waals surface area contributed by atoms with Gasteiger partial charge in [-0.2, -0.15) is 5.26 Å². The van der Waals surface area contributed by atoms with Gasteiger partial charge in [0.1, 0.15) is 0 Å². The van der Waals surface area contributed by atoms with Crippen LogP contribution in [0.2, 0.25) is 0 Å². The summed E-state index contributed by atoms with van der Waals surface area (Å²) in [5.74, 6) is -1.12. The molecule has 0 fully saturated rings. The summed E-state index contributed by atoms with van der Waals surface area (Å²) in [6.07, 6.45) is 0. The number of hydrogen-bond donors (Lipinski definition) is 1. The lowest BCUT2D eigenvalue weighted by atomic mass is 10.2. The van der Waals surface area contributed by atoms with E-state index in [1.165, 1.54) is 16.7 Å². The predicted molar refractivity (Wildman–Crippen MR) is 61.7 cm³/mol. The molecule has 16 heavy (non-hydrogen) atoms. The fourth-order valence-corrected chi connectivity index (χ4v) is 2.10. The minimum absolute atomic E-state index is 0.0584. The molecule has 5 nitrogen and oxygen atoms in total. The first-order valence-corrected chi connectivity index (χ1v) is 5.79. The maximum absolute atomic E-state index is 10.7. The topological polar surface area (TPSA) is 77.2 Å². The van der Waals surface area contributed by atoms with Gasteiger partial charge in [0, 0.05) is 18.5 Å². The van der Waals surface area contributed by atoms with Crippen LogP contribution in [0.1, 0.15) is 24.3 Å². The van der Waals surface area contributed by atoms with Gasteiger partial charge in [-0.1, -0.05) is 0 Å². The molecule has 0 spiro atoms. The Hall–Kier alpha value is -1.61. The lowest BCUT2D eigenvalue weighted by Crippen LogP contribution is -2.27. The molecule has 0 aliphatic rings. The molecule has 86 valence electrons. The van der Waals surface area contributed by atoms with Crippen molar-refractivity contribution < 1.29 is 9.90 Å². The quantitative estimate of drug-likeness (QED) is 0.848. The number of aromatic carboxylic acids is 1. The summed E-state index contributed by atoms with van der Waals surface area (Å²) in [4.78, 5) is 16.6. The van der Waals surface area contributed by atoms with Crippen molar-refractivity contribution in [3.8, 4) is 6.07 Å². The van der Waals surface area contributed by atoms with Gasteiger partial charge in [0.05, 0.1) is 12.0 Å². The van der Waals surface area contributed by atoms with Crippen LogP contribution in [0, 0.1) is 17.2 Å². The van der Waals surface area contributed by atoms with Crippen molar-refractivity contribution in [2.24, 2.45) is 5.92 Å². The number of hydrogen-bond acceptors (Lipinski definition) is 5. The highest BCUT2D eigenvalue weighted by Gasteiger charge is 2.15. The summed E-state index contributed by atoms with van der Waals surface area (Å²) < 4.78 is 0. The van der Waals surface area contributed by atoms with Crippen LogP contribution in [0.15, 0.2) is 5.38 Å². The number of nitrogens with zero attached hydrogens (tertiary/aromatic N) is 3. The van der Waals surface area contributed by atoms with Crippen molar-refractivity contribution in [2.45, 2.75) is 13.8 Å². The molecule has 0 saturated heterocycles. The maximum atomic E-state index is 10.7. The first-order chi connectivity index (χ1) is 7.58. The van der Waals surface area contributed by atoms with Crippen molar-refractivity contribution in [1.82, 2.24) is 4.98 Å². The molecule has 0 saturated carbocycles. The largest absolute Gasteiger partial charge is 0.476 e. The second kappa shape index (κ2) is 5.47. The Morgan fingerprint density at radius 2 is 2.50 bits per heavy atom. The Balaban J connectivity index is 2.79. The molecule has 1 aromatic heterocycles. The van der Waals surface area contributed by atoms with E-state index >= 15 is 0 Å². The summed E-state index contributed by atoms with van der Waals surface area (Å²) >= 11 is 1.29. The van der Waals surface area contributed by atoms with E-state index in [4.69, 9.17) is 10.4 Å². The highest BCUT2D eigenvalue weighted by molar-refractivity contribution is 7.13. The van der Waals surface area contributed by atoms with Gasteiger partial charge < -0.3 is 10.0 Å². The molecule has 0 bridgehead atoms. The van der Waals surface area contributed by atoms with E-state index in [0.29, 0.717) is 18.2 Å². The van der Waals surface area contributed by atoms with E-state index < -0.39 is 5.97 Å². The average Bonchev–Trinajstić information content (AvgIpc) is 2.74. The van der Waals surface area contributed by atoms with Gasteiger partial charge in [0.15, 0.2) is 10.8 Å². The molecule has 1 unspecified atom stereocenters. The van der Waals surface area contributed by atoms with Gasteiger partial charge in [-0.05, 0) is 13.8 Å². The summed E-state index contributed by atoms with van der Waals surface area (Å²) in [6, 6.07) is 2.15. The average molecular weight is 239 g/mol. The van der Waals surface area contributed by atoms with Crippen LogP contribution >= 0.6 is 11.3 Å². The minimum Gasteiger partial charge on any atom is -0.476 e. The van der Waals surface area contributed by atoms with Gasteiger partial charge >= 0.3 is 5.97 Å². The standard InChI is InChI=1S/C10H13N3O2S/c1-3-13(5-7(2)4-11)10-12-8(6-16-10)9(14)15/h6-7H,3,5H2,1-2H3,(H,14,15). The first kappa shape index (κ1) is 12.5. The molecule has 0 amide bonds. The van der Waals surface area contributed by atoms with Gasteiger partial charge in [0.25, 0.3) is 0 Å². The zero-order valence-corrected chi connectivity index (χ0v) is 9.99. The number of anilines is 1. The maximum Gasteiger partial charge on any atom is 0.355 e. The molecule has 0 aromatic carbocycles. The third-order valence-electron chi connectivity index (χ3n) is 2.08.